The zero-order valence-corrected chi connectivity index (χ0v) is 25.6. The molecule has 0 radical (unpaired) electrons. The SMILES string of the molecule is N#Cc1ccc(COc2cccc(N3C=NN(Cc4nc5c(Oc6cccnc6)cc(C(=O)O)cc5n4C[C@@H]4CCO4)CC3)n2)c(F)c1. The maximum Gasteiger partial charge on any atom is 0.335 e. The molecule has 2 aliphatic rings. The summed E-state index contributed by atoms with van der Waals surface area (Å²) in [5.74, 6) is 0.816. The third-order valence-electron chi connectivity index (χ3n) is 8.02. The lowest BCUT2D eigenvalue weighted by Crippen LogP contribution is -2.38. The second-order valence-corrected chi connectivity index (χ2v) is 11.2. The standard InChI is InChI=1S/C34H29FN8O5/c35-27-13-22(16-36)6-7-23(27)20-47-32-5-1-4-30(39-32)41-10-11-42(38-21-41)19-31-40-33-28(43(31)18-26-8-12-46-26)14-24(34(44)45)15-29(33)48-25-3-2-9-37-17-25/h1-7,9,13-15,17,21,26H,8,10-12,18-20H2,(H,44,45)/t26-/m0/s1. The van der Waals surface area contributed by atoms with Crippen LogP contribution in [0.4, 0.5) is 10.2 Å². The third kappa shape index (κ3) is 6.58. The highest BCUT2D eigenvalue weighted by Gasteiger charge is 2.26. The number of carbonyl (C=O) groups is 1. The van der Waals surface area contributed by atoms with Gasteiger partial charge in [-0.1, -0.05) is 12.1 Å². The number of nitriles is 1. The van der Waals surface area contributed by atoms with Gasteiger partial charge in [-0.3, -0.25) is 9.99 Å². The Morgan fingerprint density at radius 2 is 2.02 bits per heavy atom. The number of nitrogens with zero attached hydrogens (tertiary/aromatic N) is 8. The fourth-order valence-electron chi connectivity index (χ4n) is 5.39. The summed E-state index contributed by atoms with van der Waals surface area (Å²) >= 11 is 0. The molecule has 5 aromatic rings. The smallest absolute Gasteiger partial charge is 0.335 e. The Morgan fingerprint density at radius 3 is 2.73 bits per heavy atom. The van der Waals surface area contributed by atoms with Crippen molar-refractivity contribution < 1.29 is 28.5 Å². The lowest BCUT2D eigenvalue weighted by atomic mass is 10.1. The van der Waals surface area contributed by atoms with Crippen LogP contribution in [-0.4, -0.2) is 67.7 Å². The molecule has 1 atom stereocenters. The number of ether oxygens (including phenoxy) is 3. The van der Waals surface area contributed by atoms with Crippen molar-refractivity contribution in [1.82, 2.24) is 24.5 Å². The molecule has 14 heteroatoms. The summed E-state index contributed by atoms with van der Waals surface area (Å²) in [6.07, 6.45) is 5.75. The number of hydrazone groups is 1. The van der Waals surface area contributed by atoms with Gasteiger partial charge in [-0.05, 0) is 48.9 Å². The molecule has 3 aromatic heterocycles. The molecular weight excluding hydrogens is 619 g/mol. The van der Waals surface area contributed by atoms with Gasteiger partial charge in [0.2, 0.25) is 5.88 Å². The molecule has 0 unspecified atom stereocenters. The summed E-state index contributed by atoms with van der Waals surface area (Å²) < 4.78 is 33.9. The van der Waals surface area contributed by atoms with Crippen molar-refractivity contribution in [3.05, 3.63) is 101 Å². The number of hydrogen-bond donors (Lipinski definition) is 1. The van der Waals surface area contributed by atoms with Gasteiger partial charge in [0.25, 0.3) is 0 Å². The maximum atomic E-state index is 14.3. The summed E-state index contributed by atoms with van der Waals surface area (Å²) in [4.78, 5) is 27.6. The van der Waals surface area contributed by atoms with Crippen LogP contribution in [0.15, 0.2) is 78.2 Å². The van der Waals surface area contributed by atoms with Crippen molar-refractivity contribution in [3.8, 4) is 23.4 Å². The molecule has 0 spiro atoms. The van der Waals surface area contributed by atoms with E-state index in [1.54, 1.807) is 55.1 Å². The number of hydrogen-bond acceptors (Lipinski definition) is 11. The van der Waals surface area contributed by atoms with Crippen molar-refractivity contribution in [3.63, 3.8) is 0 Å². The number of aromatic carboxylic acids is 1. The summed E-state index contributed by atoms with van der Waals surface area (Å²) in [5.41, 5.74) is 1.80. The van der Waals surface area contributed by atoms with Gasteiger partial charge in [0, 0.05) is 31.0 Å². The Kier molecular flexibility index (Phi) is 8.50. The number of benzene rings is 2. The van der Waals surface area contributed by atoms with Crippen LogP contribution in [0, 0.1) is 17.1 Å². The number of halogens is 1. The molecule has 0 aliphatic carbocycles. The third-order valence-corrected chi connectivity index (χ3v) is 8.02. The monoisotopic (exact) mass is 648 g/mol. The lowest BCUT2D eigenvalue weighted by Gasteiger charge is -2.30. The molecule has 1 N–H and O–H groups in total. The number of fused-ring (bicyclic) bond motifs is 1. The van der Waals surface area contributed by atoms with Gasteiger partial charge < -0.3 is 28.8 Å². The molecule has 242 valence electrons. The predicted molar refractivity (Wildman–Crippen MR) is 171 cm³/mol. The van der Waals surface area contributed by atoms with Crippen LogP contribution in [0.2, 0.25) is 0 Å². The van der Waals surface area contributed by atoms with Crippen LogP contribution in [0.25, 0.3) is 11.0 Å². The fraction of sp³-hybridized carbons (Fsp3) is 0.235. The van der Waals surface area contributed by atoms with Crippen molar-refractivity contribution in [2.24, 2.45) is 5.10 Å². The van der Waals surface area contributed by atoms with E-state index in [1.807, 2.05) is 26.6 Å². The number of rotatable bonds is 11. The molecule has 2 aliphatic heterocycles. The molecule has 7 rings (SSSR count). The first-order valence-corrected chi connectivity index (χ1v) is 15.2. The van der Waals surface area contributed by atoms with E-state index in [0.29, 0.717) is 78.4 Å². The Hall–Kier alpha value is -6.07. The Labute approximate surface area is 274 Å². The molecule has 0 saturated carbocycles. The van der Waals surface area contributed by atoms with Gasteiger partial charge in [-0.25, -0.2) is 14.2 Å². The van der Waals surface area contributed by atoms with E-state index in [2.05, 4.69) is 15.1 Å². The van der Waals surface area contributed by atoms with Crippen molar-refractivity contribution in [1.29, 1.82) is 5.26 Å². The zero-order valence-electron chi connectivity index (χ0n) is 25.6. The number of pyridine rings is 2. The van der Waals surface area contributed by atoms with Gasteiger partial charge >= 0.3 is 5.97 Å². The van der Waals surface area contributed by atoms with Crippen LogP contribution in [0.3, 0.4) is 0 Å². The lowest BCUT2D eigenvalue weighted by molar-refractivity contribution is -0.0592. The number of aromatic nitrogens is 4. The van der Waals surface area contributed by atoms with Crippen LogP contribution >= 0.6 is 0 Å². The first kappa shape index (κ1) is 30.6. The second-order valence-electron chi connectivity index (χ2n) is 11.2. The highest BCUT2D eigenvalue weighted by Crippen LogP contribution is 2.33. The van der Waals surface area contributed by atoms with E-state index in [4.69, 9.17) is 24.5 Å². The molecular formula is C34H29FN8O5. The Bertz CT molecular complexity index is 2040. The highest BCUT2D eigenvalue weighted by molar-refractivity contribution is 5.95. The number of imidazole rings is 1. The largest absolute Gasteiger partial charge is 0.478 e. The molecule has 0 amide bonds. The van der Waals surface area contributed by atoms with E-state index in [1.165, 1.54) is 18.2 Å². The van der Waals surface area contributed by atoms with Crippen molar-refractivity contribution in [2.45, 2.75) is 32.2 Å². The Morgan fingerprint density at radius 1 is 1.12 bits per heavy atom. The maximum absolute atomic E-state index is 14.3. The first-order valence-electron chi connectivity index (χ1n) is 15.2. The average Bonchev–Trinajstić information content (AvgIpc) is 3.43. The van der Waals surface area contributed by atoms with E-state index < -0.39 is 11.8 Å². The summed E-state index contributed by atoms with van der Waals surface area (Å²) in [6, 6.07) is 18.0. The Balaban J connectivity index is 1.10. The van der Waals surface area contributed by atoms with Crippen molar-refractivity contribution in [2.75, 3.05) is 24.6 Å². The molecule has 2 aromatic carbocycles. The minimum Gasteiger partial charge on any atom is -0.478 e. The molecule has 48 heavy (non-hydrogen) atoms. The topological polar surface area (TPSA) is 151 Å². The summed E-state index contributed by atoms with van der Waals surface area (Å²) in [7, 11) is 0. The number of anilines is 1. The summed E-state index contributed by atoms with van der Waals surface area (Å²) in [5, 5.41) is 25.4. The number of carboxylic acids is 1. The van der Waals surface area contributed by atoms with E-state index >= 15 is 0 Å². The van der Waals surface area contributed by atoms with E-state index in [0.717, 1.165) is 6.42 Å². The van der Waals surface area contributed by atoms with Crippen LogP contribution < -0.4 is 14.4 Å². The van der Waals surface area contributed by atoms with E-state index in [-0.39, 0.29) is 23.8 Å². The zero-order chi connectivity index (χ0) is 33.0. The van der Waals surface area contributed by atoms with Gasteiger partial charge in [0.1, 0.15) is 41.7 Å². The molecule has 1 saturated heterocycles. The van der Waals surface area contributed by atoms with Crippen LogP contribution in [-0.2, 0) is 24.4 Å². The number of carboxylic acid groups (broad SMARTS) is 1. The van der Waals surface area contributed by atoms with Gasteiger partial charge in [-0.2, -0.15) is 15.3 Å². The van der Waals surface area contributed by atoms with Crippen molar-refractivity contribution >= 4 is 29.2 Å². The predicted octanol–water partition coefficient (Wildman–Crippen LogP) is 4.96. The van der Waals surface area contributed by atoms with Crippen LogP contribution in [0.5, 0.6) is 17.4 Å². The van der Waals surface area contributed by atoms with Gasteiger partial charge in [-0.15, -0.1) is 0 Å². The fourth-order valence-corrected chi connectivity index (χ4v) is 5.39. The first-order chi connectivity index (χ1) is 23.4. The van der Waals surface area contributed by atoms with Gasteiger partial charge in [0.05, 0.1) is 54.6 Å². The normalized spacial score (nSPS) is 15.6. The molecule has 13 nitrogen and oxygen atoms in total. The average molecular weight is 649 g/mol. The van der Waals surface area contributed by atoms with Gasteiger partial charge in [0.15, 0.2) is 5.75 Å². The van der Waals surface area contributed by atoms with Crippen LogP contribution in [0.1, 0.15) is 33.7 Å². The second kappa shape index (κ2) is 13.3. The highest BCUT2D eigenvalue weighted by atomic mass is 19.1. The summed E-state index contributed by atoms with van der Waals surface area (Å²) in [6.45, 7) is 2.62. The molecule has 5 heterocycles. The van der Waals surface area contributed by atoms with E-state index in [9.17, 15) is 14.3 Å². The molecule has 1 fully saturated rings. The molecule has 0 bridgehead atoms. The minimum absolute atomic E-state index is 0.00773. The minimum atomic E-state index is -1.08. The quantitative estimate of drug-likeness (QED) is 0.207.